The number of aryl methyl sites for hydroxylation is 1. The highest BCUT2D eigenvalue weighted by Crippen LogP contribution is 2.32. The van der Waals surface area contributed by atoms with E-state index in [9.17, 15) is 0 Å². The first-order valence-electron chi connectivity index (χ1n) is 6.00. The predicted octanol–water partition coefficient (Wildman–Crippen LogP) is 5.04. The Morgan fingerprint density at radius 3 is 2.50 bits per heavy atom. The van der Waals surface area contributed by atoms with Crippen LogP contribution in [-0.2, 0) is 0 Å². The van der Waals surface area contributed by atoms with Crippen LogP contribution in [0.15, 0.2) is 42.5 Å². The van der Waals surface area contributed by atoms with Gasteiger partial charge in [-0.05, 0) is 30.7 Å². The summed E-state index contributed by atoms with van der Waals surface area (Å²) in [6.45, 7) is 1.94. The molecule has 0 unspecified atom stereocenters. The van der Waals surface area contributed by atoms with Crippen molar-refractivity contribution in [3.63, 3.8) is 0 Å². The molecular formula is C15H10Cl2N2O. The second-order valence-corrected chi connectivity index (χ2v) is 5.15. The Balaban J connectivity index is 2.11. The number of ether oxygens (including phenoxy) is 1. The Bertz CT molecular complexity index is 790. The summed E-state index contributed by atoms with van der Waals surface area (Å²) in [7, 11) is 0. The molecule has 0 aliphatic heterocycles. The van der Waals surface area contributed by atoms with E-state index in [4.69, 9.17) is 27.9 Å². The number of rotatable bonds is 2. The van der Waals surface area contributed by atoms with Crippen molar-refractivity contribution in [3.05, 3.63) is 58.2 Å². The zero-order valence-corrected chi connectivity index (χ0v) is 12.1. The van der Waals surface area contributed by atoms with Gasteiger partial charge in [-0.1, -0.05) is 47.5 Å². The predicted molar refractivity (Wildman–Crippen MR) is 80.8 cm³/mol. The van der Waals surface area contributed by atoms with Crippen LogP contribution in [0.25, 0.3) is 10.8 Å². The zero-order chi connectivity index (χ0) is 14.1. The lowest BCUT2D eigenvalue weighted by Crippen LogP contribution is -1.94. The van der Waals surface area contributed by atoms with Crippen LogP contribution in [0.1, 0.15) is 5.56 Å². The zero-order valence-electron chi connectivity index (χ0n) is 10.6. The van der Waals surface area contributed by atoms with E-state index in [0.29, 0.717) is 21.8 Å². The number of nitrogens with zero attached hydrogens (tertiary/aromatic N) is 2. The first kappa shape index (κ1) is 13.2. The second-order valence-electron chi connectivity index (χ2n) is 4.35. The smallest absolute Gasteiger partial charge is 0.246 e. The Morgan fingerprint density at radius 1 is 0.950 bits per heavy atom. The lowest BCUT2D eigenvalue weighted by atomic mass is 10.2. The van der Waals surface area contributed by atoms with Crippen LogP contribution in [0.3, 0.4) is 0 Å². The van der Waals surface area contributed by atoms with Crippen LogP contribution in [0.2, 0.25) is 10.2 Å². The molecule has 0 saturated heterocycles. The molecule has 0 radical (unpaired) electrons. The van der Waals surface area contributed by atoms with Crippen LogP contribution < -0.4 is 4.74 Å². The Hall–Kier alpha value is -1.84. The highest BCUT2D eigenvalue weighted by Gasteiger charge is 2.10. The summed E-state index contributed by atoms with van der Waals surface area (Å²) >= 11 is 12.0. The maximum absolute atomic E-state index is 6.04. The highest BCUT2D eigenvalue weighted by molar-refractivity contribution is 6.34. The summed E-state index contributed by atoms with van der Waals surface area (Å²) in [5.74, 6) is 1.06. The van der Waals surface area contributed by atoms with E-state index in [0.717, 1.165) is 16.3 Å². The van der Waals surface area contributed by atoms with Gasteiger partial charge in [-0.15, -0.1) is 10.2 Å². The first-order chi connectivity index (χ1) is 9.65. The fourth-order valence-electron chi connectivity index (χ4n) is 1.91. The van der Waals surface area contributed by atoms with E-state index in [2.05, 4.69) is 10.2 Å². The van der Waals surface area contributed by atoms with Crippen LogP contribution in [0.5, 0.6) is 11.6 Å². The van der Waals surface area contributed by atoms with Gasteiger partial charge in [0.1, 0.15) is 5.75 Å². The molecule has 0 atom stereocenters. The largest absolute Gasteiger partial charge is 0.437 e. The fraction of sp³-hybridized carbons (Fsp3) is 0.0667. The number of aromatic nitrogens is 2. The van der Waals surface area contributed by atoms with Gasteiger partial charge in [-0.3, -0.25) is 0 Å². The van der Waals surface area contributed by atoms with Crippen molar-refractivity contribution >= 4 is 34.0 Å². The van der Waals surface area contributed by atoms with Crippen molar-refractivity contribution in [2.24, 2.45) is 0 Å². The monoisotopic (exact) mass is 304 g/mol. The molecule has 0 aliphatic rings. The molecule has 3 nitrogen and oxygen atoms in total. The molecule has 3 rings (SSSR count). The average molecular weight is 305 g/mol. The molecule has 1 aromatic heterocycles. The molecular weight excluding hydrogens is 295 g/mol. The Labute approximate surface area is 126 Å². The van der Waals surface area contributed by atoms with Crippen molar-refractivity contribution in [1.29, 1.82) is 0 Å². The van der Waals surface area contributed by atoms with Crippen molar-refractivity contribution in [1.82, 2.24) is 10.2 Å². The molecule has 0 fully saturated rings. The van der Waals surface area contributed by atoms with Gasteiger partial charge in [-0.2, -0.15) is 0 Å². The van der Waals surface area contributed by atoms with Crippen LogP contribution in [-0.4, -0.2) is 10.2 Å². The minimum absolute atomic E-state index is 0.357. The van der Waals surface area contributed by atoms with Crippen molar-refractivity contribution in [2.45, 2.75) is 6.92 Å². The van der Waals surface area contributed by atoms with Crippen LogP contribution in [0, 0.1) is 6.92 Å². The molecule has 0 aliphatic carbocycles. The van der Waals surface area contributed by atoms with Gasteiger partial charge in [0.05, 0.1) is 0 Å². The topological polar surface area (TPSA) is 35.0 Å². The van der Waals surface area contributed by atoms with E-state index >= 15 is 0 Å². The van der Waals surface area contributed by atoms with E-state index < -0.39 is 0 Å². The minimum atomic E-state index is 0.357. The molecule has 20 heavy (non-hydrogen) atoms. The molecule has 0 amide bonds. The quantitative estimate of drug-likeness (QED) is 0.665. The first-order valence-corrected chi connectivity index (χ1v) is 6.75. The van der Waals surface area contributed by atoms with Crippen LogP contribution >= 0.6 is 23.2 Å². The maximum atomic E-state index is 6.04. The van der Waals surface area contributed by atoms with E-state index in [1.165, 1.54) is 0 Å². The molecule has 0 bridgehead atoms. The van der Waals surface area contributed by atoms with Crippen molar-refractivity contribution in [3.8, 4) is 11.6 Å². The van der Waals surface area contributed by atoms with Gasteiger partial charge in [0, 0.05) is 15.8 Å². The number of hydrogen-bond acceptors (Lipinski definition) is 3. The van der Waals surface area contributed by atoms with Crippen molar-refractivity contribution < 1.29 is 4.74 Å². The SMILES string of the molecule is Cc1ccc(Cl)cc1Oc1nnc(Cl)c2ccccc12. The lowest BCUT2D eigenvalue weighted by Gasteiger charge is -2.10. The second kappa shape index (κ2) is 5.27. The van der Waals surface area contributed by atoms with Gasteiger partial charge in [-0.25, -0.2) is 0 Å². The summed E-state index contributed by atoms with van der Waals surface area (Å²) in [6.07, 6.45) is 0. The van der Waals surface area contributed by atoms with Gasteiger partial charge in [0.2, 0.25) is 5.88 Å². The number of benzene rings is 2. The number of fused-ring (bicyclic) bond motifs is 1. The third-order valence-electron chi connectivity index (χ3n) is 2.97. The molecule has 0 saturated carbocycles. The molecule has 5 heteroatoms. The van der Waals surface area contributed by atoms with Gasteiger partial charge in [0.25, 0.3) is 0 Å². The molecule has 100 valence electrons. The molecule has 1 heterocycles. The summed E-state index contributed by atoms with van der Waals surface area (Å²) in [4.78, 5) is 0. The van der Waals surface area contributed by atoms with E-state index in [1.54, 1.807) is 6.07 Å². The normalized spacial score (nSPS) is 10.8. The maximum Gasteiger partial charge on any atom is 0.246 e. The van der Waals surface area contributed by atoms with Gasteiger partial charge < -0.3 is 4.74 Å². The Kier molecular flexibility index (Phi) is 3.47. The molecule has 0 spiro atoms. The van der Waals surface area contributed by atoms with E-state index in [-0.39, 0.29) is 0 Å². The third kappa shape index (κ3) is 2.42. The third-order valence-corrected chi connectivity index (χ3v) is 3.48. The summed E-state index contributed by atoms with van der Waals surface area (Å²) in [5, 5.41) is 10.5. The molecule has 3 aromatic rings. The van der Waals surface area contributed by atoms with Crippen molar-refractivity contribution in [2.75, 3.05) is 0 Å². The molecule has 0 N–H and O–H groups in total. The van der Waals surface area contributed by atoms with Gasteiger partial charge >= 0.3 is 0 Å². The van der Waals surface area contributed by atoms with Gasteiger partial charge in [0.15, 0.2) is 5.15 Å². The highest BCUT2D eigenvalue weighted by atomic mass is 35.5. The average Bonchev–Trinajstić information content (AvgIpc) is 2.46. The number of halogens is 2. The standard InChI is InChI=1S/C15H10Cl2N2O/c1-9-6-7-10(16)8-13(9)20-15-12-5-3-2-4-11(12)14(17)18-19-15/h2-8H,1H3. The minimum Gasteiger partial charge on any atom is -0.437 e. The Morgan fingerprint density at radius 2 is 1.70 bits per heavy atom. The van der Waals surface area contributed by atoms with Crippen LogP contribution in [0.4, 0.5) is 0 Å². The summed E-state index contributed by atoms with van der Waals surface area (Å²) in [5.41, 5.74) is 0.968. The summed E-state index contributed by atoms with van der Waals surface area (Å²) in [6, 6.07) is 13.0. The lowest BCUT2D eigenvalue weighted by molar-refractivity contribution is 0.458. The number of hydrogen-bond donors (Lipinski definition) is 0. The molecule has 2 aromatic carbocycles. The van der Waals surface area contributed by atoms with E-state index in [1.807, 2.05) is 43.3 Å². The summed E-state index contributed by atoms with van der Waals surface area (Å²) < 4.78 is 5.84. The fourth-order valence-corrected chi connectivity index (χ4v) is 2.27.